The van der Waals surface area contributed by atoms with Crippen LogP contribution in [0, 0.1) is 0 Å². The summed E-state index contributed by atoms with van der Waals surface area (Å²) in [5.74, 6) is 0. The van der Waals surface area contributed by atoms with Crippen molar-refractivity contribution in [2.75, 3.05) is 6.54 Å². The van der Waals surface area contributed by atoms with Gasteiger partial charge in [0.2, 0.25) is 0 Å². The van der Waals surface area contributed by atoms with E-state index < -0.39 is 0 Å². The maximum atomic E-state index is 4.85. The van der Waals surface area contributed by atoms with E-state index in [9.17, 15) is 0 Å². The van der Waals surface area contributed by atoms with Crippen LogP contribution in [0.3, 0.4) is 0 Å². The van der Waals surface area contributed by atoms with Gasteiger partial charge in [-0.2, -0.15) is 0 Å². The van der Waals surface area contributed by atoms with Crippen molar-refractivity contribution >= 4 is 23.1 Å². The smallest absolute Gasteiger partial charge is 1.00 e. The van der Waals surface area contributed by atoms with Crippen molar-refractivity contribution in [1.82, 2.24) is 0 Å². The van der Waals surface area contributed by atoms with E-state index in [1.54, 1.807) is 0 Å². The standard InChI is InChI=1S/C2H7N.Mg.2H/c1-2-3;;;/h2-3H2,1H3;;;/q;+2;2*-1. The van der Waals surface area contributed by atoms with Gasteiger partial charge in [0.25, 0.3) is 0 Å². The van der Waals surface area contributed by atoms with Crippen LogP contribution in [0.15, 0.2) is 0 Å². The molecule has 4 heavy (non-hydrogen) atoms. The quantitative estimate of drug-likeness (QED) is 0.394. The second-order valence-electron chi connectivity index (χ2n) is 0.408. The molecule has 0 saturated heterocycles. The molecule has 0 radical (unpaired) electrons. The van der Waals surface area contributed by atoms with E-state index in [1.165, 1.54) is 0 Å². The molecule has 0 amide bonds. The summed E-state index contributed by atoms with van der Waals surface area (Å²) < 4.78 is 0. The van der Waals surface area contributed by atoms with Crippen molar-refractivity contribution < 1.29 is 2.85 Å². The Morgan fingerprint density at radius 1 is 2.00 bits per heavy atom. The number of hydrogen-bond acceptors (Lipinski definition) is 1. The molecule has 0 aromatic carbocycles. The summed E-state index contributed by atoms with van der Waals surface area (Å²) in [4.78, 5) is 0. The van der Waals surface area contributed by atoms with Crippen LogP contribution in [0.1, 0.15) is 9.78 Å². The number of rotatable bonds is 0. The normalized spacial score (nSPS) is 4.50. The monoisotopic (exact) mass is 71.1 g/mol. The average Bonchev–Trinajstić information content (AvgIpc) is 0.918. The van der Waals surface area contributed by atoms with Crippen LogP contribution in [0.5, 0.6) is 0 Å². The van der Waals surface area contributed by atoms with Crippen molar-refractivity contribution in [3.05, 3.63) is 0 Å². The van der Waals surface area contributed by atoms with Gasteiger partial charge in [-0.25, -0.2) is 0 Å². The van der Waals surface area contributed by atoms with Crippen LogP contribution in [0.4, 0.5) is 0 Å². The molecule has 0 atom stereocenters. The van der Waals surface area contributed by atoms with Crippen molar-refractivity contribution in [3.8, 4) is 0 Å². The molecular formula is C2H9MgN. The Kier molecular flexibility index (Phi) is 20.5. The summed E-state index contributed by atoms with van der Waals surface area (Å²) in [6.45, 7) is 2.65. The predicted molar refractivity (Wildman–Crippen MR) is 22.7 cm³/mol. The topological polar surface area (TPSA) is 26.0 Å². The third-order valence-electron chi connectivity index (χ3n) is 0. The van der Waals surface area contributed by atoms with E-state index in [4.69, 9.17) is 5.73 Å². The molecule has 0 aliphatic heterocycles. The largest absolute Gasteiger partial charge is 2.00 e. The minimum absolute atomic E-state index is 0. The minimum Gasteiger partial charge on any atom is -1.00 e. The van der Waals surface area contributed by atoms with Gasteiger partial charge in [-0.05, 0) is 6.54 Å². The van der Waals surface area contributed by atoms with E-state index in [2.05, 4.69) is 0 Å². The first kappa shape index (κ1) is 8.83. The van der Waals surface area contributed by atoms with E-state index in [0.717, 1.165) is 6.54 Å². The maximum Gasteiger partial charge on any atom is 2.00 e. The Hall–Kier alpha value is 0.726. The summed E-state index contributed by atoms with van der Waals surface area (Å²) in [5, 5.41) is 0. The van der Waals surface area contributed by atoms with E-state index in [1.807, 2.05) is 6.92 Å². The molecule has 0 aromatic heterocycles. The Labute approximate surface area is 45.7 Å². The first-order valence-corrected chi connectivity index (χ1v) is 1.12. The molecule has 0 spiro atoms. The van der Waals surface area contributed by atoms with Gasteiger partial charge in [0.15, 0.2) is 0 Å². The van der Waals surface area contributed by atoms with Gasteiger partial charge in [0, 0.05) is 0 Å². The van der Waals surface area contributed by atoms with Gasteiger partial charge in [0.1, 0.15) is 0 Å². The van der Waals surface area contributed by atoms with E-state index in [0.29, 0.717) is 0 Å². The van der Waals surface area contributed by atoms with Gasteiger partial charge in [0.05, 0.1) is 0 Å². The molecule has 0 bridgehead atoms. The van der Waals surface area contributed by atoms with Crippen LogP contribution in [-0.2, 0) is 0 Å². The molecule has 0 unspecified atom stereocenters. The van der Waals surface area contributed by atoms with Crippen molar-refractivity contribution in [1.29, 1.82) is 0 Å². The van der Waals surface area contributed by atoms with E-state index in [-0.39, 0.29) is 25.9 Å². The first-order valence-electron chi connectivity index (χ1n) is 1.12. The maximum absolute atomic E-state index is 4.85. The second kappa shape index (κ2) is 9.29. The Morgan fingerprint density at radius 3 is 2.00 bits per heavy atom. The Balaban J connectivity index is -0.00000000667. The molecule has 1 nitrogen and oxygen atoms in total. The zero-order valence-electron chi connectivity index (χ0n) is 4.99. The minimum atomic E-state index is 0. The molecule has 2 N–H and O–H groups in total. The van der Waals surface area contributed by atoms with Gasteiger partial charge < -0.3 is 8.59 Å². The second-order valence-corrected chi connectivity index (χ2v) is 0.408. The van der Waals surface area contributed by atoms with Crippen LogP contribution in [0.25, 0.3) is 0 Å². The predicted octanol–water partition coefficient (Wildman–Crippen LogP) is -0.191. The molecular weight excluding hydrogens is 62.3 g/mol. The van der Waals surface area contributed by atoms with Gasteiger partial charge in [-0.3, -0.25) is 0 Å². The third kappa shape index (κ3) is 15.4. The van der Waals surface area contributed by atoms with Gasteiger partial charge in [-0.15, -0.1) is 0 Å². The van der Waals surface area contributed by atoms with Crippen LogP contribution in [-0.4, -0.2) is 29.6 Å². The number of nitrogens with two attached hydrogens (primary N) is 1. The summed E-state index contributed by atoms with van der Waals surface area (Å²) in [7, 11) is 0. The van der Waals surface area contributed by atoms with Crippen molar-refractivity contribution in [2.45, 2.75) is 6.92 Å². The Bertz CT molecular complexity index is 11.5. The van der Waals surface area contributed by atoms with Crippen molar-refractivity contribution in [2.24, 2.45) is 5.73 Å². The first-order chi connectivity index (χ1) is 1.41. The van der Waals surface area contributed by atoms with E-state index >= 15 is 0 Å². The average molecular weight is 71.4 g/mol. The van der Waals surface area contributed by atoms with Crippen LogP contribution in [0.2, 0.25) is 0 Å². The molecule has 0 fully saturated rings. The van der Waals surface area contributed by atoms with Crippen LogP contribution < -0.4 is 5.73 Å². The summed E-state index contributed by atoms with van der Waals surface area (Å²) in [6.07, 6.45) is 0. The summed E-state index contributed by atoms with van der Waals surface area (Å²) in [5.41, 5.74) is 4.85. The molecule has 0 rings (SSSR count). The van der Waals surface area contributed by atoms with Crippen LogP contribution >= 0.6 is 0 Å². The molecule has 0 aliphatic rings. The van der Waals surface area contributed by atoms with Crippen molar-refractivity contribution in [3.63, 3.8) is 0 Å². The zero-order valence-corrected chi connectivity index (χ0v) is 4.41. The Morgan fingerprint density at radius 2 is 2.00 bits per heavy atom. The molecule has 0 aromatic rings. The fourth-order valence-corrected chi connectivity index (χ4v) is 0. The van der Waals surface area contributed by atoms with Gasteiger partial charge in [-0.1, -0.05) is 6.92 Å². The third-order valence-corrected chi connectivity index (χ3v) is 0. The molecule has 2 heteroatoms. The molecule has 0 heterocycles. The SMILES string of the molecule is CCN.[H-].[H-].[Mg+2]. The summed E-state index contributed by atoms with van der Waals surface area (Å²) >= 11 is 0. The van der Waals surface area contributed by atoms with Gasteiger partial charge >= 0.3 is 23.1 Å². The molecule has 0 aliphatic carbocycles. The zero-order chi connectivity index (χ0) is 2.71. The molecule has 24 valence electrons. The summed E-state index contributed by atoms with van der Waals surface area (Å²) in [6, 6.07) is 0. The fraction of sp³-hybridized carbons (Fsp3) is 1.00. The fourth-order valence-electron chi connectivity index (χ4n) is 0. The number of hydrogen-bond donors (Lipinski definition) is 1. The molecule has 0 saturated carbocycles.